The summed E-state index contributed by atoms with van der Waals surface area (Å²) in [6, 6.07) is 6.69. The normalized spacial score (nSPS) is 18.3. The molecular formula is C25H28N6OS2. The van der Waals surface area contributed by atoms with Crippen molar-refractivity contribution < 1.29 is 4.42 Å². The second kappa shape index (κ2) is 8.61. The van der Waals surface area contributed by atoms with Crippen molar-refractivity contribution >= 4 is 23.1 Å². The van der Waals surface area contributed by atoms with Crippen LogP contribution in [0.15, 0.2) is 40.2 Å². The maximum absolute atomic E-state index is 6.07. The Morgan fingerprint density at radius 1 is 1.15 bits per heavy atom. The number of fused-ring (bicyclic) bond motifs is 1. The van der Waals surface area contributed by atoms with Crippen LogP contribution in [0.4, 0.5) is 0 Å². The summed E-state index contributed by atoms with van der Waals surface area (Å²) in [4.78, 5) is 6.80. The molecule has 34 heavy (non-hydrogen) atoms. The van der Waals surface area contributed by atoms with Gasteiger partial charge in [-0.3, -0.25) is 9.55 Å². The van der Waals surface area contributed by atoms with Gasteiger partial charge < -0.3 is 4.42 Å². The lowest BCUT2D eigenvalue weighted by atomic mass is 9.72. The molecule has 0 unspecified atom stereocenters. The van der Waals surface area contributed by atoms with Gasteiger partial charge in [0.2, 0.25) is 5.89 Å². The fourth-order valence-corrected chi connectivity index (χ4v) is 6.61. The number of aromatic nitrogens is 6. The quantitative estimate of drug-likeness (QED) is 0.295. The van der Waals surface area contributed by atoms with Crippen LogP contribution in [0.25, 0.3) is 22.2 Å². The van der Waals surface area contributed by atoms with Crippen LogP contribution in [0.5, 0.6) is 0 Å². The largest absolute Gasteiger partial charge is 0.419 e. The number of thiophene rings is 1. The minimum absolute atomic E-state index is 0.340. The maximum Gasteiger partial charge on any atom is 0.257 e. The molecule has 0 N–H and O–H groups in total. The summed E-state index contributed by atoms with van der Waals surface area (Å²) in [6.45, 7) is 7.05. The van der Waals surface area contributed by atoms with Crippen molar-refractivity contribution in [3.63, 3.8) is 0 Å². The van der Waals surface area contributed by atoms with Crippen molar-refractivity contribution in [3.05, 3.63) is 46.9 Å². The Morgan fingerprint density at radius 3 is 2.79 bits per heavy atom. The van der Waals surface area contributed by atoms with Gasteiger partial charge in [-0.25, -0.2) is 0 Å². The van der Waals surface area contributed by atoms with E-state index in [1.54, 1.807) is 18.0 Å². The third kappa shape index (κ3) is 4.31. The van der Waals surface area contributed by atoms with Crippen LogP contribution < -0.4 is 0 Å². The molecule has 2 aliphatic carbocycles. The fraction of sp³-hybridized carbons (Fsp3) is 0.480. The molecular weight excluding hydrogens is 464 g/mol. The van der Waals surface area contributed by atoms with Gasteiger partial charge in [0.1, 0.15) is 0 Å². The van der Waals surface area contributed by atoms with Crippen molar-refractivity contribution in [1.29, 1.82) is 0 Å². The first kappa shape index (κ1) is 22.0. The molecule has 6 rings (SSSR count). The molecule has 2 aliphatic rings. The van der Waals surface area contributed by atoms with Gasteiger partial charge in [0.25, 0.3) is 5.89 Å². The minimum atomic E-state index is 0.340. The molecule has 9 heteroatoms. The van der Waals surface area contributed by atoms with E-state index in [2.05, 4.69) is 56.8 Å². The molecule has 0 amide bonds. The molecule has 176 valence electrons. The number of aryl methyl sites for hydroxylation is 1. The monoisotopic (exact) mass is 492 g/mol. The van der Waals surface area contributed by atoms with Gasteiger partial charge in [-0.1, -0.05) is 32.5 Å². The topological polar surface area (TPSA) is 82.5 Å². The molecule has 0 aromatic carbocycles. The van der Waals surface area contributed by atoms with E-state index in [0.29, 0.717) is 29.0 Å². The van der Waals surface area contributed by atoms with Crippen molar-refractivity contribution in [1.82, 2.24) is 29.9 Å². The number of rotatable bonds is 6. The summed E-state index contributed by atoms with van der Waals surface area (Å²) < 4.78 is 8.30. The van der Waals surface area contributed by atoms with Crippen molar-refractivity contribution in [2.75, 3.05) is 0 Å². The standard InChI is InChI=1S/C25H28N6OS2/c1-25(2,3)17-6-9-19-16(11-17)12-20(34-19)23-29-27-21(32-23)14-33-24-30-28-22(31(24)18-7-8-18)15-5-4-10-26-13-15/h4-5,10,12-13,17-18H,6-9,11,14H2,1-3H3/t17-/m1/s1. The summed E-state index contributed by atoms with van der Waals surface area (Å²) in [6.07, 6.45) is 9.47. The van der Waals surface area contributed by atoms with E-state index in [4.69, 9.17) is 4.42 Å². The van der Waals surface area contributed by atoms with E-state index in [0.717, 1.165) is 53.0 Å². The van der Waals surface area contributed by atoms with E-state index in [9.17, 15) is 0 Å². The van der Waals surface area contributed by atoms with Gasteiger partial charge in [-0.05, 0) is 67.2 Å². The summed E-state index contributed by atoms with van der Waals surface area (Å²) >= 11 is 3.41. The highest BCUT2D eigenvalue weighted by Gasteiger charge is 2.32. The third-order valence-corrected chi connectivity index (χ3v) is 8.96. The lowest BCUT2D eigenvalue weighted by Crippen LogP contribution is -2.26. The van der Waals surface area contributed by atoms with Gasteiger partial charge in [-0.15, -0.1) is 31.7 Å². The van der Waals surface area contributed by atoms with Gasteiger partial charge in [0, 0.05) is 28.9 Å². The lowest BCUT2D eigenvalue weighted by Gasteiger charge is -2.33. The summed E-state index contributed by atoms with van der Waals surface area (Å²) in [5, 5.41) is 18.5. The fourth-order valence-electron chi connectivity index (χ4n) is 4.64. The summed E-state index contributed by atoms with van der Waals surface area (Å²) in [5.74, 6) is 3.41. The Balaban J connectivity index is 1.17. The van der Waals surface area contributed by atoms with E-state index in [-0.39, 0.29) is 0 Å². The molecule has 4 heterocycles. The Kier molecular flexibility index (Phi) is 5.56. The lowest BCUT2D eigenvalue weighted by molar-refractivity contribution is 0.217. The van der Waals surface area contributed by atoms with Crippen molar-refractivity contribution in [2.45, 2.75) is 69.8 Å². The van der Waals surface area contributed by atoms with E-state index in [1.807, 2.05) is 29.7 Å². The summed E-state index contributed by atoms with van der Waals surface area (Å²) in [7, 11) is 0. The number of nitrogens with zero attached hydrogens (tertiary/aromatic N) is 6. The Bertz CT molecular complexity index is 1300. The van der Waals surface area contributed by atoms with Crippen LogP contribution in [-0.4, -0.2) is 29.9 Å². The second-order valence-corrected chi connectivity index (χ2v) is 12.4. The predicted molar refractivity (Wildman–Crippen MR) is 134 cm³/mol. The molecule has 0 aliphatic heterocycles. The highest BCUT2D eigenvalue weighted by atomic mass is 32.2. The highest BCUT2D eigenvalue weighted by molar-refractivity contribution is 7.98. The maximum atomic E-state index is 6.07. The van der Waals surface area contributed by atoms with Gasteiger partial charge in [0.05, 0.1) is 10.6 Å². The van der Waals surface area contributed by atoms with Crippen LogP contribution in [0.1, 0.15) is 62.4 Å². The molecule has 7 nitrogen and oxygen atoms in total. The molecule has 0 saturated heterocycles. The zero-order valence-electron chi connectivity index (χ0n) is 19.7. The van der Waals surface area contributed by atoms with E-state index < -0.39 is 0 Å². The first-order chi connectivity index (χ1) is 16.5. The molecule has 1 atom stereocenters. The molecule has 4 aromatic rings. The Hall–Kier alpha value is -2.52. The zero-order chi connectivity index (χ0) is 23.3. The van der Waals surface area contributed by atoms with E-state index >= 15 is 0 Å². The molecule has 1 fully saturated rings. The average Bonchev–Trinajstić information content (AvgIpc) is 3.23. The summed E-state index contributed by atoms with van der Waals surface area (Å²) in [5.41, 5.74) is 2.79. The number of pyridine rings is 1. The second-order valence-electron chi connectivity index (χ2n) is 10.3. The molecule has 0 radical (unpaired) electrons. The first-order valence-electron chi connectivity index (χ1n) is 11.9. The van der Waals surface area contributed by atoms with E-state index in [1.165, 1.54) is 16.9 Å². The van der Waals surface area contributed by atoms with Crippen molar-refractivity contribution in [3.8, 4) is 22.2 Å². The molecule has 1 saturated carbocycles. The first-order valence-corrected chi connectivity index (χ1v) is 13.7. The number of thioether (sulfide) groups is 1. The smallest absolute Gasteiger partial charge is 0.257 e. The highest BCUT2D eigenvalue weighted by Crippen LogP contribution is 2.43. The van der Waals surface area contributed by atoms with Crippen LogP contribution in [-0.2, 0) is 18.6 Å². The minimum Gasteiger partial charge on any atom is -0.419 e. The van der Waals surface area contributed by atoms with Crippen LogP contribution >= 0.6 is 23.1 Å². The van der Waals surface area contributed by atoms with Gasteiger partial charge in [0.15, 0.2) is 11.0 Å². The molecule has 0 spiro atoms. The van der Waals surface area contributed by atoms with Crippen molar-refractivity contribution in [2.24, 2.45) is 11.3 Å². The van der Waals surface area contributed by atoms with Crippen LogP contribution in [0.3, 0.4) is 0 Å². The average molecular weight is 493 g/mol. The zero-order valence-corrected chi connectivity index (χ0v) is 21.3. The van der Waals surface area contributed by atoms with Crippen LogP contribution in [0.2, 0.25) is 0 Å². The van der Waals surface area contributed by atoms with Crippen LogP contribution in [0, 0.1) is 11.3 Å². The van der Waals surface area contributed by atoms with Gasteiger partial charge in [-0.2, -0.15) is 0 Å². The Morgan fingerprint density at radius 2 is 2.03 bits per heavy atom. The molecule has 0 bridgehead atoms. The predicted octanol–water partition coefficient (Wildman–Crippen LogP) is 6.23. The molecule has 4 aromatic heterocycles. The Labute approximate surface area is 207 Å². The van der Waals surface area contributed by atoms with Gasteiger partial charge >= 0.3 is 0 Å². The number of hydrogen-bond donors (Lipinski definition) is 0. The SMILES string of the molecule is CC(C)(C)[C@@H]1CCc2sc(-c3nnc(CSc4nnc(-c5cccnc5)n4C4CC4)o3)cc2C1. The third-order valence-electron chi connectivity index (χ3n) is 6.81. The number of hydrogen-bond acceptors (Lipinski definition) is 8.